The third kappa shape index (κ3) is 3.29. The third-order valence-electron chi connectivity index (χ3n) is 2.71. The number of sulfonamides is 1. The lowest BCUT2D eigenvalue weighted by atomic mass is 10.1. The van der Waals surface area contributed by atoms with E-state index in [4.69, 9.17) is 5.26 Å². The highest BCUT2D eigenvalue weighted by Crippen LogP contribution is 2.20. The van der Waals surface area contributed by atoms with E-state index in [1.807, 2.05) is 12.1 Å². The molecule has 0 amide bonds. The van der Waals surface area contributed by atoms with Gasteiger partial charge in [0.25, 0.3) is 10.0 Å². The Kier molecular flexibility index (Phi) is 4.30. The minimum atomic E-state index is -3.64. The molecule has 2 aromatic rings. The summed E-state index contributed by atoms with van der Waals surface area (Å²) in [6.07, 6.45) is 0. The molecule has 0 radical (unpaired) electrons. The first-order valence-corrected chi connectivity index (χ1v) is 8.28. The van der Waals surface area contributed by atoms with Gasteiger partial charge in [-0.2, -0.15) is 5.26 Å². The third-order valence-corrected chi connectivity index (χ3v) is 4.76. The number of hydrogen-bond donors (Lipinski definition) is 1. The van der Waals surface area contributed by atoms with Gasteiger partial charge in [0.15, 0.2) is 0 Å². The van der Waals surface area contributed by atoms with Crippen LogP contribution in [0.3, 0.4) is 0 Å². The second-order valence-corrected chi connectivity index (χ2v) is 7.13. The van der Waals surface area contributed by atoms with Gasteiger partial charge in [-0.1, -0.05) is 6.07 Å². The Balaban J connectivity index is 2.36. The maximum Gasteiger partial charge on any atom is 0.261 e. The van der Waals surface area contributed by atoms with Crippen molar-refractivity contribution < 1.29 is 8.42 Å². The van der Waals surface area contributed by atoms with Crippen LogP contribution < -0.4 is 4.72 Å². The SMILES string of the molecule is Cc1cc(S(=O)(=O)Nc2cccc(I)c2)ccc1C#N. The summed E-state index contributed by atoms with van der Waals surface area (Å²) in [5, 5.41) is 8.86. The summed E-state index contributed by atoms with van der Waals surface area (Å²) < 4.78 is 28.0. The summed E-state index contributed by atoms with van der Waals surface area (Å²) in [6, 6.07) is 13.6. The summed E-state index contributed by atoms with van der Waals surface area (Å²) in [7, 11) is -3.64. The standard InChI is InChI=1S/C14H11IN2O2S/c1-10-7-14(6-5-11(10)9-16)20(18,19)17-13-4-2-3-12(15)8-13/h2-8,17H,1H3. The van der Waals surface area contributed by atoms with E-state index in [9.17, 15) is 8.42 Å². The molecule has 0 bridgehead atoms. The quantitative estimate of drug-likeness (QED) is 0.807. The molecule has 2 aromatic carbocycles. The largest absolute Gasteiger partial charge is 0.280 e. The minimum Gasteiger partial charge on any atom is -0.280 e. The van der Waals surface area contributed by atoms with Crippen molar-refractivity contribution in [1.29, 1.82) is 5.26 Å². The van der Waals surface area contributed by atoms with Gasteiger partial charge in [0.1, 0.15) is 0 Å². The highest BCUT2D eigenvalue weighted by Gasteiger charge is 2.15. The number of hydrogen-bond acceptors (Lipinski definition) is 3. The normalized spacial score (nSPS) is 10.8. The molecule has 0 spiro atoms. The van der Waals surface area contributed by atoms with Crippen molar-refractivity contribution in [2.24, 2.45) is 0 Å². The van der Waals surface area contributed by atoms with Crippen LogP contribution in [0.5, 0.6) is 0 Å². The van der Waals surface area contributed by atoms with E-state index in [0.29, 0.717) is 16.8 Å². The first kappa shape index (κ1) is 14.8. The van der Waals surface area contributed by atoms with Gasteiger partial charge in [0, 0.05) is 9.26 Å². The molecule has 0 aromatic heterocycles. The number of nitrogens with zero attached hydrogens (tertiary/aromatic N) is 1. The van der Waals surface area contributed by atoms with Crippen LogP contribution in [0.25, 0.3) is 0 Å². The summed E-state index contributed by atoms with van der Waals surface area (Å²) >= 11 is 2.12. The van der Waals surface area contributed by atoms with Gasteiger partial charge in [-0.3, -0.25) is 4.72 Å². The molecule has 0 saturated heterocycles. The first-order chi connectivity index (χ1) is 9.42. The average molecular weight is 398 g/mol. The lowest BCUT2D eigenvalue weighted by molar-refractivity contribution is 0.601. The Hall–Kier alpha value is -1.59. The first-order valence-electron chi connectivity index (χ1n) is 5.71. The van der Waals surface area contributed by atoms with Crippen molar-refractivity contribution in [1.82, 2.24) is 0 Å². The molecular weight excluding hydrogens is 387 g/mol. The fraction of sp³-hybridized carbons (Fsp3) is 0.0714. The monoisotopic (exact) mass is 398 g/mol. The zero-order chi connectivity index (χ0) is 14.8. The van der Waals surface area contributed by atoms with Crippen molar-refractivity contribution >= 4 is 38.3 Å². The van der Waals surface area contributed by atoms with E-state index >= 15 is 0 Å². The van der Waals surface area contributed by atoms with Crippen molar-refractivity contribution in [3.8, 4) is 6.07 Å². The molecule has 0 atom stereocenters. The highest BCUT2D eigenvalue weighted by atomic mass is 127. The molecule has 1 N–H and O–H groups in total. The molecule has 0 saturated carbocycles. The minimum absolute atomic E-state index is 0.146. The van der Waals surface area contributed by atoms with E-state index in [-0.39, 0.29) is 4.90 Å². The number of aryl methyl sites for hydroxylation is 1. The van der Waals surface area contributed by atoms with Crippen molar-refractivity contribution in [3.05, 3.63) is 57.2 Å². The molecular formula is C14H11IN2O2S. The Labute approximate surface area is 131 Å². The van der Waals surface area contributed by atoms with Crippen LogP contribution in [0.4, 0.5) is 5.69 Å². The summed E-state index contributed by atoms with van der Waals surface area (Å²) in [5.74, 6) is 0. The molecule has 0 aliphatic heterocycles. The molecule has 0 unspecified atom stereocenters. The molecule has 20 heavy (non-hydrogen) atoms. The molecule has 0 aliphatic carbocycles. The molecule has 0 heterocycles. The smallest absolute Gasteiger partial charge is 0.261 e. The van der Waals surface area contributed by atoms with Gasteiger partial charge >= 0.3 is 0 Å². The molecule has 4 nitrogen and oxygen atoms in total. The van der Waals surface area contributed by atoms with Crippen LogP contribution in [-0.4, -0.2) is 8.42 Å². The second-order valence-electron chi connectivity index (χ2n) is 4.20. The summed E-state index contributed by atoms with van der Waals surface area (Å²) in [6.45, 7) is 1.71. The van der Waals surface area contributed by atoms with Crippen molar-refractivity contribution in [2.75, 3.05) is 4.72 Å². The zero-order valence-corrected chi connectivity index (χ0v) is 13.6. The fourth-order valence-electron chi connectivity index (χ4n) is 1.69. The Morgan fingerprint density at radius 3 is 2.55 bits per heavy atom. The summed E-state index contributed by atoms with van der Waals surface area (Å²) in [5.41, 5.74) is 1.62. The van der Waals surface area contributed by atoms with Crippen LogP contribution in [0.15, 0.2) is 47.4 Å². The van der Waals surface area contributed by atoms with Crippen LogP contribution in [0.1, 0.15) is 11.1 Å². The predicted molar refractivity (Wildman–Crippen MR) is 85.9 cm³/mol. The van der Waals surface area contributed by atoms with Crippen LogP contribution >= 0.6 is 22.6 Å². The fourth-order valence-corrected chi connectivity index (χ4v) is 3.37. The van der Waals surface area contributed by atoms with Gasteiger partial charge in [-0.15, -0.1) is 0 Å². The van der Waals surface area contributed by atoms with Gasteiger partial charge in [0.05, 0.1) is 16.5 Å². The number of nitrogens with one attached hydrogen (secondary N) is 1. The van der Waals surface area contributed by atoms with Gasteiger partial charge in [-0.05, 0) is 71.5 Å². The zero-order valence-electron chi connectivity index (χ0n) is 10.6. The number of halogens is 1. The average Bonchev–Trinajstić information content (AvgIpc) is 2.38. The highest BCUT2D eigenvalue weighted by molar-refractivity contribution is 14.1. The number of nitriles is 1. The maximum absolute atomic E-state index is 12.3. The lowest BCUT2D eigenvalue weighted by Crippen LogP contribution is -2.13. The summed E-state index contributed by atoms with van der Waals surface area (Å²) in [4.78, 5) is 0.146. The van der Waals surface area contributed by atoms with E-state index in [1.165, 1.54) is 18.2 Å². The molecule has 0 aliphatic rings. The predicted octanol–water partition coefficient (Wildman–Crippen LogP) is 3.27. The Bertz CT molecular complexity index is 795. The van der Waals surface area contributed by atoms with Crippen LogP contribution in [-0.2, 0) is 10.0 Å². The van der Waals surface area contributed by atoms with Crippen LogP contribution in [0, 0.1) is 21.8 Å². The lowest BCUT2D eigenvalue weighted by Gasteiger charge is -2.09. The van der Waals surface area contributed by atoms with Gasteiger partial charge < -0.3 is 0 Å². The molecule has 2 rings (SSSR count). The Morgan fingerprint density at radius 2 is 1.95 bits per heavy atom. The second kappa shape index (κ2) is 5.81. The van der Waals surface area contributed by atoms with Gasteiger partial charge in [0.2, 0.25) is 0 Å². The van der Waals surface area contributed by atoms with E-state index in [0.717, 1.165) is 3.57 Å². The van der Waals surface area contributed by atoms with E-state index < -0.39 is 10.0 Å². The van der Waals surface area contributed by atoms with E-state index in [2.05, 4.69) is 27.3 Å². The molecule has 102 valence electrons. The van der Waals surface area contributed by atoms with Crippen molar-refractivity contribution in [2.45, 2.75) is 11.8 Å². The van der Waals surface area contributed by atoms with Gasteiger partial charge in [-0.25, -0.2) is 8.42 Å². The van der Waals surface area contributed by atoms with E-state index in [1.54, 1.807) is 25.1 Å². The number of benzene rings is 2. The van der Waals surface area contributed by atoms with Crippen molar-refractivity contribution in [3.63, 3.8) is 0 Å². The molecule has 6 heteroatoms. The number of anilines is 1. The topological polar surface area (TPSA) is 70.0 Å². The maximum atomic E-state index is 12.3. The number of rotatable bonds is 3. The molecule has 0 fully saturated rings. The Morgan fingerprint density at radius 1 is 1.20 bits per heavy atom. The van der Waals surface area contributed by atoms with Crippen LogP contribution in [0.2, 0.25) is 0 Å².